The Morgan fingerprint density at radius 1 is 1.27 bits per heavy atom. The van der Waals surface area contributed by atoms with E-state index in [-0.39, 0.29) is 18.7 Å². The predicted molar refractivity (Wildman–Crippen MR) is 88.3 cm³/mol. The van der Waals surface area contributed by atoms with Gasteiger partial charge in [0.15, 0.2) is 5.78 Å². The summed E-state index contributed by atoms with van der Waals surface area (Å²) < 4.78 is 6.97. The molecule has 1 aromatic heterocycles. The molecule has 0 bridgehead atoms. The van der Waals surface area contributed by atoms with Gasteiger partial charge in [-0.1, -0.05) is 5.21 Å². The molecule has 0 aliphatic carbocycles. The van der Waals surface area contributed by atoms with Crippen LogP contribution in [-0.4, -0.2) is 84.0 Å². The lowest BCUT2D eigenvalue weighted by Crippen LogP contribution is -2.58. The average Bonchev–Trinajstić information content (AvgIpc) is 3.25. The van der Waals surface area contributed by atoms with Crippen LogP contribution in [-0.2, 0) is 16.1 Å². The van der Waals surface area contributed by atoms with Crippen molar-refractivity contribution in [2.75, 3.05) is 6.61 Å². The van der Waals surface area contributed by atoms with Gasteiger partial charge in [-0.2, -0.15) is 0 Å². The Morgan fingerprint density at radius 2 is 2.00 bits per heavy atom. The van der Waals surface area contributed by atoms with Crippen LogP contribution in [0, 0.1) is 6.92 Å². The highest BCUT2D eigenvalue weighted by Crippen LogP contribution is 2.26. The topological polar surface area (TPSA) is 150 Å². The molecule has 3 heterocycles. The third-order valence-electron chi connectivity index (χ3n) is 4.69. The Balaban J connectivity index is 1.56. The number of aromatic nitrogens is 3. The molecule has 26 heavy (non-hydrogen) atoms. The number of aliphatic imine (C=N–C) groups is 1. The molecule has 10 nitrogen and oxygen atoms in total. The van der Waals surface area contributed by atoms with Gasteiger partial charge in [-0.25, -0.2) is 4.68 Å². The van der Waals surface area contributed by atoms with Crippen molar-refractivity contribution >= 4 is 11.5 Å². The molecule has 1 saturated heterocycles. The smallest absolute Gasteiger partial charge is 0.182 e. The van der Waals surface area contributed by atoms with E-state index in [2.05, 4.69) is 15.3 Å². The maximum atomic E-state index is 12.3. The van der Waals surface area contributed by atoms with Gasteiger partial charge in [0.2, 0.25) is 0 Å². The van der Waals surface area contributed by atoms with Crippen LogP contribution in [0.1, 0.15) is 18.5 Å². The van der Waals surface area contributed by atoms with E-state index in [4.69, 9.17) is 4.74 Å². The summed E-state index contributed by atoms with van der Waals surface area (Å²) in [7, 11) is 0. The van der Waals surface area contributed by atoms with Crippen LogP contribution in [0.25, 0.3) is 0 Å². The quantitative estimate of drug-likeness (QED) is 0.457. The van der Waals surface area contributed by atoms with Gasteiger partial charge in [0.1, 0.15) is 31.0 Å². The fourth-order valence-corrected chi connectivity index (χ4v) is 3.06. The minimum absolute atomic E-state index is 0.0700. The van der Waals surface area contributed by atoms with Crippen molar-refractivity contribution in [3.05, 3.63) is 23.7 Å². The van der Waals surface area contributed by atoms with Crippen molar-refractivity contribution in [1.82, 2.24) is 15.0 Å². The molecule has 0 aromatic carbocycles. The molecule has 0 spiro atoms. The lowest BCUT2D eigenvalue weighted by atomic mass is 9.91. The lowest BCUT2D eigenvalue weighted by molar-refractivity contribution is -0.227. The molecule has 2 aliphatic rings. The SMILES string of the molecule is Cc1cnnn1CC(=O)C1=CN=C(CC2OC(CO)C(O)C(O)C2O)C1. The summed E-state index contributed by atoms with van der Waals surface area (Å²) in [6.45, 7) is 1.39. The first-order valence-electron chi connectivity index (χ1n) is 8.34. The summed E-state index contributed by atoms with van der Waals surface area (Å²) in [5, 5.41) is 46.5. The molecule has 0 saturated carbocycles. The van der Waals surface area contributed by atoms with E-state index in [1.807, 2.05) is 0 Å². The van der Waals surface area contributed by atoms with Crippen LogP contribution < -0.4 is 0 Å². The second-order valence-electron chi connectivity index (χ2n) is 6.55. The number of aliphatic hydroxyl groups excluding tert-OH is 4. The van der Waals surface area contributed by atoms with E-state index in [1.54, 1.807) is 13.1 Å². The molecule has 5 atom stereocenters. The number of allylic oxidation sites excluding steroid dienone is 1. The van der Waals surface area contributed by atoms with Crippen molar-refractivity contribution in [3.8, 4) is 0 Å². The largest absolute Gasteiger partial charge is 0.394 e. The highest BCUT2D eigenvalue weighted by atomic mass is 16.5. The number of carbonyl (C=O) groups excluding carboxylic acids is 1. The normalized spacial score (nSPS) is 31.7. The van der Waals surface area contributed by atoms with Crippen molar-refractivity contribution in [3.63, 3.8) is 0 Å². The summed E-state index contributed by atoms with van der Waals surface area (Å²) in [5.74, 6) is -0.133. The molecule has 0 radical (unpaired) electrons. The van der Waals surface area contributed by atoms with E-state index >= 15 is 0 Å². The zero-order valence-corrected chi connectivity index (χ0v) is 14.3. The van der Waals surface area contributed by atoms with E-state index in [0.717, 1.165) is 5.69 Å². The third kappa shape index (κ3) is 3.74. The van der Waals surface area contributed by atoms with Gasteiger partial charge in [-0.3, -0.25) is 9.79 Å². The molecular formula is C16H22N4O6. The molecule has 5 unspecified atom stereocenters. The second-order valence-corrected chi connectivity index (χ2v) is 6.55. The monoisotopic (exact) mass is 366 g/mol. The number of aliphatic hydroxyl groups is 4. The number of Topliss-reactive ketones (excluding diaryl/α,β-unsaturated/α-hetero) is 1. The Labute approximate surface area is 149 Å². The Morgan fingerprint density at radius 3 is 2.65 bits per heavy atom. The van der Waals surface area contributed by atoms with Gasteiger partial charge < -0.3 is 25.2 Å². The lowest BCUT2D eigenvalue weighted by Gasteiger charge is -2.40. The zero-order valence-electron chi connectivity index (χ0n) is 14.3. The summed E-state index contributed by atoms with van der Waals surface area (Å²) >= 11 is 0. The maximum absolute atomic E-state index is 12.3. The molecule has 2 aliphatic heterocycles. The van der Waals surface area contributed by atoms with Gasteiger partial charge >= 0.3 is 0 Å². The number of aryl methyl sites for hydroxylation is 1. The van der Waals surface area contributed by atoms with Crippen molar-refractivity contribution < 1.29 is 30.0 Å². The van der Waals surface area contributed by atoms with Crippen LogP contribution >= 0.6 is 0 Å². The first kappa shape index (κ1) is 18.8. The summed E-state index contributed by atoms with van der Waals surface area (Å²) in [4.78, 5) is 16.5. The number of hydrogen-bond donors (Lipinski definition) is 4. The summed E-state index contributed by atoms with van der Waals surface area (Å²) in [6.07, 6.45) is -2.37. The molecule has 0 amide bonds. The standard InChI is InChI=1S/C16H22N4O6/c1-8-4-18-19-20(8)6-11(22)9-2-10(17-5-9)3-12-14(23)16(25)15(24)13(7-21)26-12/h4-5,12-16,21,23-25H,2-3,6-7H2,1H3. The summed E-state index contributed by atoms with van der Waals surface area (Å²) in [6, 6.07) is 0. The first-order chi connectivity index (χ1) is 12.4. The van der Waals surface area contributed by atoms with Crippen LogP contribution in [0.15, 0.2) is 23.0 Å². The molecule has 4 N–H and O–H groups in total. The molecule has 3 rings (SSSR count). The number of carbonyl (C=O) groups is 1. The van der Waals surface area contributed by atoms with Gasteiger partial charge in [0.05, 0.1) is 24.6 Å². The van der Waals surface area contributed by atoms with E-state index < -0.39 is 37.1 Å². The molecule has 10 heteroatoms. The van der Waals surface area contributed by atoms with E-state index in [0.29, 0.717) is 17.7 Å². The number of rotatable bonds is 6. The number of ether oxygens (including phenoxy) is 1. The number of ketones is 1. The van der Waals surface area contributed by atoms with E-state index in [9.17, 15) is 25.2 Å². The van der Waals surface area contributed by atoms with Crippen LogP contribution in [0.2, 0.25) is 0 Å². The maximum Gasteiger partial charge on any atom is 0.182 e. The minimum atomic E-state index is -1.42. The predicted octanol–water partition coefficient (Wildman–Crippen LogP) is -1.88. The van der Waals surface area contributed by atoms with Crippen molar-refractivity contribution in [2.45, 2.75) is 56.8 Å². The van der Waals surface area contributed by atoms with Crippen molar-refractivity contribution in [2.24, 2.45) is 4.99 Å². The summed E-state index contributed by atoms with van der Waals surface area (Å²) in [5.41, 5.74) is 1.91. The molecule has 142 valence electrons. The zero-order chi connectivity index (χ0) is 18.8. The van der Waals surface area contributed by atoms with Gasteiger partial charge in [-0.05, 0) is 6.92 Å². The molecule has 1 aromatic rings. The van der Waals surface area contributed by atoms with Crippen LogP contribution in [0.3, 0.4) is 0 Å². The Bertz CT molecular complexity index is 728. The van der Waals surface area contributed by atoms with Gasteiger partial charge in [0, 0.05) is 30.3 Å². The Kier molecular flexibility index (Phi) is 5.58. The first-order valence-corrected chi connectivity index (χ1v) is 8.34. The van der Waals surface area contributed by atoms with Gasteiger partial charge in [-0.15, -0.1) is 5.10 Å². The van der Waals surface area contributed by atoms with E-state index in [1.165, 1.54) is 10.9 Å². The third-order valence-corrected chi connectivity index (χ3v) is 4.69. The fourth-order valence-electron chi connectivity index (χ4n) is 3.06. The van der Waals surface area contributed by atoms with Crippen molar-refractivity contribution in [1.29, 1.82) is 0 Å². The second kappa shape index (κ2) is 7.72. The Hall–Kier alpha value is -1.98. The van der Waals surface area contributed by atoms with Crippen LogP contribution in [0.5, 0.6) is 0 Å². The minimum Gasteiger partial charge on any atom is -0.394 e. The fraction of sp³-hybridized carbons (Fsp3) is 0.625. The number of hydrogen-bond acceptors (Lipinski definition) is 9. The number of nitrogens with zero attached hydrogens (tertiary/aromatic N) is 4. The highest BCUT2D eigenvalue weighted by molar-refractivity contribution is 6.04. The average molecular weight is 366 g/mol. The van der Waals surface area contributed by atoms with Gasteiger partial charge in [0.25, 0.3) is 0 Å². The molecule has 1 fully saturated rings. The highest BCUT2D eigenvalue weighted by Gasteiger charge is 2.43. The molecular weight excluding hydrogens is 344 g/mol. The van der Waals surface area contributed by atoms with Crippen LogP contribution in [0.4, 0.5) is 0 Å².